The van der Waals surface area contributed by atoms with Crippen LogP contribution in [0.3, 0.4) is 0 Å². The lowest BCUT2D eigenvalue weighted by atomic mass is 10.1. The minimum absolute atomic E-state index is 0.0185. The van der Waals surface area contributed by atoms with Gasteiger partial charge in [0, 0.05) is 37.4 Å². The van der Waals surface area contributed by atoms with Gasteiger partial charge >= 0.3 is 0 Å². The van der Waals surface area contributed by atoms with E-state index >= 15 is 0 Å². The van der Waals surface area contributed by atoms with Gasteiger partial charge in [-0.3, -0.25) is 9.78 Å². The van der Waals surface area contributed by atoms with E-state index in [1.807, 2.05) is 0 Å². The maximum atomic E-state index is 12.1. The zero-order chi connectivity index (χ0) is 16.9. The van der Waals surface area contributed by atoms with Gasteiger partial charge in [0.2, 0.25) is 5.95 Å². The molecule has 24 heavy (non-hydrogen) atoms. The molecule has 0 amide bonds. The van der Waals surface area contributed by atoms with Gasteiger partial charge < -0.3 is 15.5 Å². The Bertz CT molecular complexity index is 755. The van der Waals surface area contributed by atoms with E-state index in [1.54, 1.807) is 0 Å². The van der Waals surface area contributed by atoms with Gasteiger partial charge in [-0.25, -0.2) is 4.98 Å². The van der Waals surface area contributed by atoms with Crippen molar-refractivity contribution < 1.29 is 0 Å². The summed E-state index contributed by atoms with van der Waals surface area (Å²) in [7, 11) is 0. The molecule has 6 nitrogen and oxygen atoms in total. The third kappa shape index (κ3) is 3.76. The summed E-state index contributed by atoms with van der Waals surface area (Å²) in [4.78, 5) is 21.8. The predicted octanol–water partition coefficient (Wildman–Crippen LogP) is 1.66. The Morgan fingerprint density at radius 2 is 2.25 bits per heavy atom. The molecule has 0 saturated heterocycles. The number of benzene rings is 1. The number of nitrogens with zero attached hydrogens (tertiary/aromatic N) is 2. The highest BCUT2D eigenvalue weighted by Gasteiger charge is 2.15. The molecule has 1 aliphatic heterocycles. The number of hydrogen-bond acceptors (Lipinski definition) is 5. The fourth-order valence-electron chi connectivity index (χ4n) is 3.06. The summed E-state index contributed by atoms with van der Waals surface area (Å²) in [6, 6.07) is 8.50. The molecule has 3 rings (SSSR count). The minimum Gasteiger partial charge on any atom is -0.370 e. The van der Waals surface area contributed by atoms with E-state index in [0.29, 0.717) is 12.5 Å². The number of aromatic nitrogens is 2. The molecule has 2 aromatic rings. The van der Waals surface area contributed by atoms with Crippen LogP contribution < -0.4 is 21.1 Å². The molecule has 0 saturated carbocycles. The highest BCUT2D eigenvalue weighted by molar-refractivity contribution is 5.48. The van der Waals surface area contributed by atoms with E-state index in [1.165, 1.54) is 11.3 Å². The number of hydrogen-bond donors (Lipinski definition) is 3. The van der Waals surface area contributed by atoms with Gasteiger partial charge in [-0.15, -0.1) is 0 Å². The number of anilines is 2. The average Bonchev–Trinajstić information content (AvgIpc) is 2.59. The lowest BCUT2D eigenvalue weighted by Crippen LogP contribution is -2.33. The average molecular weight is 327 g/mol. The monoisotopic (exact) mass is 327 g/mol. The van der Waals surface area contributed by atoms with Crippen LogP contribution in [-0.2, 0) is 13.0 Å². The highest BCUT2D eigenvalue weighted by Crippen LogP contribution is 2.15. The first-order valence-corrected chi connectivity index (χ1v) is 8.55. The maximum Gasteiger partial charge on any atom is 0.255 e. The first-order chi connectivity index (χ1) is 11.7. The van der Waals surface area contributed by atoms with Crippen molar-refractivity contribution in [2.24, 2.45) is 0 Å². The highest BCUT2D eigenvalue weighted by atomic mass is 16.1. The molecule has 0 atom stereocenters. The number of aryl methyl sites for hydroxylation is 1. The third-order valence-electron chi connectivity index (χ3n) is 4.37. The second-order valence-corrected chi connectivity index (χ2v) is 6.11. The quantitative estimate of drug-likeness (QED) is 0.753. The van der Waals surface area contributed by atoms with E-state index in [9.17, 15) is 4.79 Å². The SMILES string of the molecule is CCN(CCNc1nc2c(c(=O)[nH]1)CCNC2)c1cccc(C)c1. The summed E-state index contributed by atoms with van der Waals surface area (Å²) in [6.45, 7) is 8.25. The Balaban J connectivity index is 1.63. The summed E-state index contributed by atoms with van der Waals surface area (Å²) < 4.78 is 0. The summed E-state index contributed by atoms with van der Waals surface area (Å²) in [6.07, 6.45) is 0.745. The van der Waals surface area contributed by atoms with Crippen molar-refractivity contribution in [3.8, 4) is 0 Å². The van der Waals surface area contributed by atoms with Crippen LogP contribution in [0.15, 0.2) is 29.1 Å². The Morgan fingerprint density at radius 3 is 3.04 bits per heavy atom. The maximum absolute atomic E-state index is 12.1. The number of fused-ring (bicyclic) bond motifs is 1. The molecular weight excluding hydrogens is 302 g/mol. The zero-order valence-corrected chi connectivity index (χ0v) is 14.4. The zero-order valence-electron chi connectivity index (χ0n) is 14.4. The molecular formula is C18H25N5O. The van der Waals surface area contributed by atoms with E-state index < -0.39 is 0 Å². The second-order valence-electron chi connectivity index (χ2n) is 6.11. The van der Waals surface area contributed by atoms with Crippen molar-refractivity contribution in [3.63, 3.8) is 0 Å². The molecule has 0 unspecified atom stereocenters. The van der Waals surface area contributed by atoms with Crippen molar-refractivity contribution in [2.45, 2.75) is 26.8 Å². The Labute approximate surface area is 142 Å². The standard InChI is InChI=1S/C18H25N5O/c1-3-23(14-6-4-5-13(2)11-14)10-9-20-18-21-16-12-19-8-7-15(16)17(24)22-18/h4-6,11,19H,3,7-10,12H2,1-2H3,(H2,20,21,22,24). The first-order valence-electron chi connectivity index (χ1n) is 8.55. The smallest absolute Gasteiger partial charge is 0.255 e. The Morgan fingerprint density at radius 1 is 1.38 bits per heavy atom. The van der Waals surface area contributed by atoms with Gasteiger partial charge in [0.05, 0.1) is 5.69 Å². The topological polar surface area (TPSA) is 73.0 Å². The van der Waals surface area contributed by atoms with E-state index in [-0.39, 0.29) is 5.56 Å². The van der Waals surface area contributed by atoms with Gasteiger partial charge in [0.15, 0.2) is 0 Å². The summed E-state index contributed by atoms with van der Waals surface area (Å²) in [5.41, 5.74) is 4.13. The van der Waals surface area contributed by atoms with Crippen molar-refractivity contribution in [1.82, 2.24) is 15.3 Å². The van der Waals surface area contributed by atoms with Crippen LogP contribution in [-0.4, -0.2) is 36.1 Å². The molecule has 0 fully saturated rings. The van der Waals surface area contributed by atoms with Crippen LogP contribution >= 0.6 is 0 Å². The van der Waals surface area contributed by atoms with Crippen molar-refractivity contribution >= 4 is 11.6 Å². The molecule has 128 valence electrons. The number of rotatable bonds is 6. The molecule has 1 aromatic carbocycles. The van der Waals surface area contributed by atoms with Crippen LogP contribution in [0.5, 0.6) is 0 Å². The molecule has 0 radical (unpaired) electrons. The summed E-state index contributed by atoms with van der Waals surface area (Å²) >= 11 is 0. The van der Waals surface area contributed by atoms with Crippen molar-refractivity contribution in [2.75, 3.05) is 36.4 Å². The Kier molecular flexibility index (Phi) is 5.15. The Hall–Kier alpha value is -2.34. The normalized spacial score (nSPS) is 13.4. The lowest BCUT2D eigenvalue weighted by molar-refractivity contribution is 0.619. The van der Waals surface area contributed by atoms with Crippen molar-refractivity contribution in [1.29, 1.82) is 0 Å². The van der Waals surface area contributed by atoms with Crippen LogP contribution in [0.25, 0.3) is 0 Å². The molecule has 6 heteroatoms. The summed E-state index contributed by atoms with van der Waals surface area (Å²) in [5.74, 6) is 0.558. The van der Waals surface area contributed by atoms with Gasteiger partial charge in [-0.1, -0.05) is 12.1 Å². The van der Waals surface area contributed by atoms with Gasteiger partial charge in [-0.05, 0) is 44.5 Å². The molecule has 0 aliphatic carbocycles. The van der Waals surface area contributed by atoms with Crippen LogP contribution in [0.4, 0.5) is 11.6 Å². The van der Waals surface area contributed by atoms with Crippen LogP contribution in [0, 0.1) is 6.92 Å². The minimum atomic E-state index is -0.0185. The molecule has 2 heterocycles. The molecule has 0 spiro atoms. The van der Waals surface area contributed by atoms with Gasteiger partial charge in [0.1, 0.15) is 0 Å². The number of nitrogens with one attached hydrogen (secondary N) is 3. The van der Waals surface area contributed by atoms with Crippen LogP contribution in [0.2, 0.25) is 0 Å². The largest absolute Gasteiger partial charge is 0.370 e. The van der Waals surface area contributed by atoms with Gasteiger partial charge in [0.25, 0.3) is 5.56 Å². The fourth-order valence-corrected chi connectivity index (χ4v) is 3.06. The lowest BCUT2D eigenvalue weighted by Gasteiger charge is -2.24. The second kappa shape index (κ2) is 7.49. The number of H-pyrrole nitrogens is 1. The summed E-state index contributed by atoms with van der Waals surface area (Å²) in [5, 5.41) is 6.50. The van der Waals surface area contributed by atoms with E-state index in [4.69, 9.17) is 0 Å². The molecule has 1 aromatic heterocycles. The number of likely N-dealkylation sites (N-methyl/N-ethyl adjacent to an activating group) is 1. The third-order valence-corrected chi connectivity index (χ3v) is 4.37. The van der Waals surface area contributed by atoms with Gasteiger partial charge in [-0.2, -0.15) is 0 Å². The molecule has 3 N–H and O–H groups in total. The first kappa shape index (κ1) is 16.5. The fraction of sp³-hybridized carbons (Fsp3) is 0.444. The number of aromatic amines is 1. The predicted molar refractivity (Wildman–Crippen MR) is 97.8 cm³/mol. The molecule has 1 aliphatic rings. The van der Waals surface area contributed by atoms with E-state index in [0.717, 1.165) is 43.9 Å². The van der Waals surface area contributed by atoms with Crippen LogP contribution in [0.1, 0.15) is 23.7 Å². The molecule has 0 bridgehead atoms. The van der Waals surface area contributed by atoms with Crippen molar-refractivity contribution in [3.05, 3.63) is 51.4 Å². The van der Waals surface area contributed by atoms with E-state index in [2.05, 4.69) is 63.6 Å².